The van der Waals surface area contributed by atoms with Crippen LogP contribution < -0.4 is 0 Å². The van der Waals surface area contributed by atoms with E-state index in [-0.39, 0.29) is 0 Å². The fourth-order valence-electron chi connectivity index (χ4n) is 1.46. The zero-order chi connectivity index (χ0) is 9.38. The van der Waals surface area contributed by atoms with Crippen LogP contribution in [0.3, 0.4) is 0 Å². The second-order valence-corrected chi connectivity index (χ2v) is 3.38. The summed E-state index contributed by atoms with van der Waals surface area (Å²) in [6.07, 6.45) is 9.23. The predicted octanol–water partition coefficient (Wildman–Crippen LogP) is 1.07. The van der Waals surface area contributed by atoms with Crippen LogP contribution in [0.1, 0.15) is 18.9 Å². The lowest BCUT2D eigenvalue weighted by Crippen LogP contribution is -1.97. The number of hydrogen-bond donors (Lipinski definition) is 0. The van der Waals surface area contributed by atoms with Gasteiger partial charge in [-0.05, 0) is 12.8 Å². The molecule has 0 aliphatic heterocycles. The molecule has 2 aromatic heterocycles. The first kappa shape index (κ1) is 7.61. The van der Waals surface area contributed by atoms with E-state index in [1.807, 2.05) is 0 Å². The molecule has 0 unspecified atom stereocenters. The summed E-state index contributed by atoms with van der Waals surface area (Å²) in [4.78, 5) is 8.22. The quantitative estimate of drug-likeness (QED) is 0.705. The second kappa shape index (κ2) is 2.87. The number of rotatable bonds is 2. The van der Waals surface area contributed by atoms with Crippen LogP contribution in [0.15, 0.2) is 24.9 Å². The van der Waals surface area contributed by atoms with Gasteiger partial charge >= 0.3 is 0 Å². The molecular formula is C9H9N5. The van der Waals surface area contributed by atoms with Crippen molar-refractivity contribution in [1.82, 2.24) is 24.7 Å². The summed E-state index contributed by atoms with van der Waals surface area (Å²) < 4.78 is 2.07. The Morgan fingerprint density at radius 1 is 1.29 bits per heavy atom. The van der Waals surface area contributed by atoms with Gasteiger partial charge in [0.15, 0.2) is 5.82 Å². The van der Waals surface area contributed by atoms with Gasteiger partial charge in [0.2, 0.25) is 0 Å². The summed E-state index contributed by atoms with van der Waals surface area (Å²) in [5.74, 6) is 0.820. The SMILES string of the molecule is c1cnc(-c2nncn2C2CC2)cn1. The van der Waals surface area contributed by atoms with Gasteiger partial charge in [0.1, 0.15) is 12.0 Å². The van der Waals surface area contributed by atoms with Gasteiger partial charge in [-0.1, -0.05) is 0 Å². The van der Waals surface area contributed by atoms with Crippen molar-refractivity contribution in [1.29, 1.82) is 0 Å². The van der Waals surface area contributed by atoms with E-state index < -0.39 is 0 Å². The highest BCUT2D eigenvalue weighted by molar-refractivity contribution is 5.47. The van der Waals surface area contributed by atoms with Gasteiger partial charge < -0.3 is 4.57 Å². The summed E-state index contributed by atoms with van der Waals surface area (Å²) in [5.41, 5.74) is 0.789. The minimum Gasteiger partial charge on any atom is -0.309 e. The Balaban J connectivity index is 2.07. The topological polar surface area (TPSA) is 56.5 Å². The monoisotopic (exact) mass is 187 g/mol. The minimum absolute atomic E-state index is 0.571. The van der Waals surface area contributed by atoms with Gasteiger partial charge in [0, 0.05) is 18.4 Å². The highest BCUT2D eigenvalue weighted by Gasteiger charge is 2.26. The fourth-order valence-corrected chi connectivity index (χ4v) is 1.46. The van der Waals surface area contributed by atoms with E-state index in [0.29, 0.717) is 6.04 Å². The summed E-state index contributed by atoms with van der Waals surface area (Å²) in [6, 6.07) is 0.571. The van der Waals surface area contributed by atoms with E-state index in [1.54, 1.807) is 24.9 Å². The van der Waals surface area contributed by atoms with Crippen LogP contribution in [0.25, 0.3) is 11.5 Å². The van der Waals surface area contributed by atoms with Crippen molar-refractivity contribution in [2.75, 3.05) is 0 Å². The normalized spacial score (nSPS) is 15.7. The van der Waals surface area contributed by atoms with E-state index in [9.17, 15) is 0 Å². The zero-order valence-corrected chi connectivity index (χ0v) is 7.54. The third kappa shape index (κ3) is 1.17. The molecule has 0 N–H and O–H groups in total. The maximum atomic E-state index is 4.21. The Labute approximate surface area is 80.8 Å². The van der Waals surface area contributed by atoms with Crippen molar-refractivity contribution in [3.63, 3.8) is 0 Å². The lowest BCUT2D eigenvalue weighted by molar-refractivity contribution is 0.743. The van der Waals surface area contributed by atoms with Crippen LogP contribution in [0.5, 0.6) is 0 Å². The fraction of sp³-hybridized carbons (Fsp3) is 0.333. The summed E-state index contributed by atoms with van der Waals surface area (Å²) in [6.45, 7) is 0. The summed E-state index contributed by atoms with van der Waals surface area (Å²) in [5, 5.41) is 7.96. The van der Waals surface area contributed by atoms with Crippen molar-refractivity contribution in [2.45, 2.75) is 18.9 Å². The molecule has 5 nitrogen and oxygen atoms in total. The molecule has 0 aromatic carbocycles. The van der Waals surface area contributed by atoms with Crippen LogP contribution in [0.2, 0.25) is 0 Å². The molecule has 0 amide bonds. The van der Waals surface area contributed by atoms with Crippen LogP contribution >= 0.6 is 0 Å². The molecule has 0 atom stereocenters. The van der Waals surface area contributed by atoms with E-state index in [2.05, 4.69) is 24.7 Å². The van der Waals surface area contributed by atoms with Crippen molar-refractivity contribution < 1.29 is 0 Å². The molecule has 0 spiro atoms. The maximum absolute atomic E-state index is 4.21. The largest absolute Gasteiger partial charge is 0.309 e. The molecule has 14 heavy (non-hydrogen) atoms. The minimum atomic E-state index is 0.571. The zero-order valence-electron chi connectivity index (χ0n) is 7.54. The van der Waals surface area contributed by atoms with Crippen LogP contribution in [-0.4, -0.2) is 24.7 Å². The van der Waals surface area contributed by atoms with Gasteiger partial charge in [-0.3, -0.25) is 4.98 Å². The Morgan fingerprint density at radius 3 is 2.93 bits per heavy atom. The van der Waals surface area contributed by atoms with Gasteiger partial charge in [-0.15, -0.1) is 10.2 Å². The number of hydrogen-bond acceptors (Lipinski definition) is 4. The molecule has 0 radical (unpaired) electrons. The Bertz CT molecular complexity index is 431. The summed E-state index contributed by atoms with van der Waals surface area (Å²) in [7, 11) is 0. The molecule has 0 saturated heterocycles. The third-order valence-corrected chi connectivity index (χ3v) is 2.31. The lowest BCUT2D eigenvalue weighted by atomic mass is 10.4. The molecule has 1 saturated carbocycles. The second-order valence-electron chi connectivity index (χ2n) is 3.38. The van der Waals surface area contributed by atoms with Crippen molar-refractivity contribution in [2.24, 2.45) is 0 Å². The highest BCUT2D eigenvalue weighted by Crippen LogP contribution is 2.36. The van der Waals surface area contributed by atoms with Crippen molar-refractivity contribution >= 4 is 0 Å². The molecule has 1 aliphatic rings. The van der Waals surface area contributed by atoms with E-state index >= 15 is 0 Å². The first-order valence-corrected chi connectivity index (χ1v) is 4.61. The molecule has 5 heteroatoms. The van der Waals surface area contributed by atoms with Crippen LogP contribution in [0.4, 0.5) is 0 Å². The number of aromatic nitrogens is 5. The van der Waals surface area contributed by atoms with Gasteiger partial charge in [-0.2, -0.15) is 0 Å². The number of nitrogens with zero attached hydrogens (tertiary/aromatic N) is 5. The predicted molar refractivity (Wildman–Crippen MR) is 49.3 cm³/mol. The van der Waals surface area contributed by atoms with E-state index in [0.717, 1.165) is 11.5 Å². The Kier molecular flexibility index (Phi) is 1.56. The van der Waals surface area contributed by atoms with Crippen LogP contribution in [-0.2, 0) is 0 Å². The van der Waals surface area contributed by atoms with Crippen LogP contribution in [0, 0.1) is 0 Å². The molecule has 3 rings (SSSR count). The van der Waals surface area contributed by atoms with E-state index in [1.165, 1.54) is 12.8 Å². The smallest absolute Gasteiger partial charge is 0.184 e. The highest BCUT2D eigenvalue weighted by atomic mass is 15.3. The maximum Gasteiger partial charge on any atom is 0.184 e. The van der Waals surface area contributed by atoms with Gasteiger partial charge in [0.05, 0.1) is 6.20 Å². The first-order valence-electron chi connectivity index (χ1n) is 4.61. The third-order valence-electron chi connectivity index (χ3n) is 2.31. The molecular weight excluding hydrogens is 178 g/mol. The average molecular weight is 187 g/mol. The molecule has 2 heterocycles. The lowest BCUT2D eigenvalue weighted by Gasteiger charge is -2.01. The molecule has 1 fully saturated rings. The first-order chi connectivity index (χ1) is 6.95. The summed E-state index contributed by atoms with van der Waals surface area (Å²) >= 11 is 0. The Hall–Kier alpha value is -1.78. The van der Waals surface area contributed by atoms with Crippen molar-refractivity contribution in [3.05, 3.63) is 24.9 Å². The molecule has 2 aromatic rings. The van der Waals surface area contributed by atoms with Gasteiger partial charge in [-0.25, -0.2) is 4.98 Å². The molecule has 70 valence electrons. The standard InChI is InChI=1S/C9H9N5/c1-2-7(1)14-6-12-13-9(14)8-5-10-3-4-11-8/h3-7H,1-2H2. The van der Waals surface area contributed by atoms with Crippen molar-refractivity contribution in [3.8, 4) is 11.5 Å². The Morgan fingerprint density at radius 2 is 2.21 bits per heavy atom. The van der Waals surface area contributed by atoms with Gasteiger partial charge in [0.25, 0.3) is 0 Å². The van der Waals surface area contributed by atoms with E-state index in [4.69, 9.17) is 0 Å². The molecule has 1 aliphatic carbocycles. The molecule has 0 bridgehead atoms. The average Bonchev–Trinajstić information content (AvgIpc) is 2.98.